The molecule has 13 heavy (non-hydrogen) atoms. The van der Waals surface area contributed by atoms with E-state index in [1.807, 2.05) is 0 Å². The molecule has 0 aromatic carbocycles. The van der Waals surface area contributed by atoms with E-state index in [2.05, 4.69) is 10.2 Å². The average molecular weight is 221 g/mol. The highest BCUT2D eigenvalue weighted by atomic mass is 32.2. The Labute approximate surface area is 82.6 Å². The molecule has 1 aromatic heterocycles. The standard InChI is InChI=1S/C6H11N3O2S2/c1-13(11)4-2-3-9-5(10)7-8-6(9)12/h2-4H2,1H3,(H,7,10)(H,8,12). The van der Waals surface area contributed by atoms with Crippen LogP contribution in [-0.2, 0) is 17.3 Å². The lowest BCUT2D eigenvalue weighted by Gasteiger charge is -1.97. The molecule has 7 heteroatoms. The van der Waals surface area contributed by atoms with Crippen molar-refractivity contribution in [2.75, 3.05) is 12.0 Å². The van der Waals surface area contributed by atoms with Crippen molar-refractivity contribution < 1.29 is 4.21 Å². The summed E-state index contributed by atoms with van der Waals surface area (Å²) < 4.78 is 12.5. The Kier molecular flexibility index (Phi) is 3.61. The second kappa shape index (κ2) is 4.52. The molecule has 0 aliphatic rings. The number of aromatic amines is 2. The summed E-state index contributed by atoms with van der Waals surface area (Å²) >= 11 is 4.85. The van der Waals surface area contributed by atoms with Gasteiger partial charge in [-0.3, -0.25) is 13.9 Å². The van der Waals surface area contributed by atoms with E-state index < -0.39 is 10.8 Å². The van der Waals surface area contributed by atoms with Crippen molar-refractivity contribution in [1.82, 2.24) is 14.8 Å². The first-order chi connectivity index (χ1) is 6.11. The number of rotatable bonds is 4. The van der Waals surface area contributed by atoms with Gasteiger partial charge in [-0.05, 0) is 18.6 Å². The maximum atomic E-state index is 11.0. The summed E-state index contributed by atoms with van der Waals surface area (Å²) in [6, 6.07) is 0. The van der Waals surface area contributed by atoms with E-state index in [4.69, 9.17) is 12.2 Å². The van der Waals surface area contributed by atoms with Gasteiger partial charge in [0.05, 0.1) is 0 Å². The van der Waals surface area contributed by atoms with Crippen LogP contribution in [0.4, 0.5) is 0 Å². The van der Waals surface area contributed by atoms with E-state index in [-0.39, 0.29) is 5.69 Å². The SMILES string of the molecule is CS(=O)CCCn1c(=O)[nH][nH]c1=S. The maximum absolute atomic E-state index is 11.0. The molecule has 1 heterocycles. The Balaban J connectivity index is 2.60. The third-order valence-corrected chi connectivity index (χ3v) is 2.77. The Morgan fingerprint density at radius 3 is 2.69 bits per heavy atom. The first-order valence-electron chi connectivity index (χ1n) is 3.79. The van der Waals surface area contributed by atoms with Crippen LogP contribution in [0.3, 0.4) is 0 Å². The number of nitrogens with zero attached hydrogens (tertiary/aromatic N) is 1. The fraction of sp³-hybridized carbons (Fsp3) is 0.667. The summed E-state index contributed by atoms with van der Waals surface area (Å²) in [6.07, 6.45) is 2.33. The maximum Gasteiger partial charge on any atom is 0.342 e. The first kappa shape index (κ1) is 10.4. The normalized spacial score (nSPS) is 13.0. The minimum Gasteiger partial charge on any atom is -0.272 e. The predicted molar refractivity (Wildman–Crippen MR) is 53.8 cm³/mol. The smallest absolute Gasteiger partial charge is 0.272 e. The highest BCUT2D eigenvalue weighted by Crippen LogP contribution is 1.89. The molecule has 1 unspecified atom stereocenters. The van der Waals surface area contributed by atoms with Crippen molar-refractivity contribution in [3.8, 4) is 0 Å². The van der Waals surface area contributed by atoms with Gasteiger partial charge >= 0.3 is 5.69 Å². The van der Waals surface area contributed by atoms with Crippen LogP contribution in [0.2, 0.25) is 0 Å². The molecule has 1 aromatic rings. The largest absolute Gasteiger partial charge is 0.342 e. The van der Waals surface area contributed by atoms with Crippen LogP contribution < -0.4 is 5.69 Å². The van der Waals surface area contributed by atoms with Gasteiger partial charge in [-0.25, -0.2) is 9.89 Å². The quantitative estimate of drug-likeness (QED) is 0.703. The first-order valence-corrected chi connectivity index (χ1v) is 5.92. The second-order valence-electron chi connectivity index (χ2n) is 2.64. The van der Waals surface area contributed by atoms with Crippen molar-refractivity contribution in [2.45, 2.75) is 13.0 Å². The van der Waals surface area contributed by atoms with Gasteiger partial charge in [0.25, 0.3) is 0 Å². The molecule has 0 aliphatic heterocycles. The molecule has 0 fully saturated rings. The fourth-order valence-electron chi connectivity index (χ4n) is 0.963. The molecule has 1 rings (SSSR count). The molecule has 2 N–H and O–H groups in total. The van der Waals surface area contributed by atoms with E-state index in [0.29, 0.717) is 23.5 Å². The molecule has 0 radical (unpaired) electrons. The number of H-pyrrole nitrogens is 2. The lowest BCUT2D eigenvalue weighted by Crippen LogP contribution is -2.18. The van der Waals surface area contributed by atoms with E-state index in [9.17, 15) is 9.00 Å². The highest BCUT2D eigenvalue weighted by Gasteiger charge is 1.99. The third-order valence-electron chi connectivity index (χ3n) is 1.58. The van der Waals surface area contributed by atoms with Gasteiger partial charge in [-0.2, -0.15) is 0 Å². The van der Waals surface area contributed by atoms with Crippen molar-refractivity contribution in [3.63, 3.8) is 0 Å². The minimum atomic E-state index is -0.810. The zero-order valence-electron chi connectivity index (χ0n) is 7.20. The Morgan fingerprint density at radius 2 is 2.23 bits per heavy atom. The Hall–Kier alpha value is -0.690. The summed E-state index contributed by atoms with van der Waals surface area (Å²) in [6.45, 7) is 0.511. The van der Waals surface area contributed by atoms with Crippen LogP contribution in [0.15, 0.2) is 4.79 Å². The van der Waals surface area contributed by atoms with E-state index in [1.54, 1.807) is 6.26 Å². The van der Waals surface area contributed by atoms with Crippen LogP contribution in [0, 0.1) is 4.77 Å². The van der Waals surface area contributed by atoms with Gasteiger partial charge in [0.2, 0.25) is 0 Å². The molecule has 74 valence electrons. The monoisotopic (exact) mass is 221 g/mol. The van der Waals surface area contributed by atoms with Gasteiger partial charge < -0.3 is 0 Å². The van der Waals surface area contributed by atoms with E-state index in [0.717, 1.165) is 0 Å². The van der Waals surface area contributed by atoms with E-state index in [1.165, 1.54) is 4.57 Å². The molecule has 5 nitrogen and oxygen atoms in total. The summed E-state index contributed by atoms with van der Waals surface area (Å²) in [7, 11) is -0.810. The summed E-state index contributed by atoms with van der Waals surface area (Å²) in [4.78, 5) is 11.0. The zero-order chi connectivity index (χ0) is 9.84. The van der Waals surface area contributed by atoms with Crippen molar-refractivity contribution in [1.29, 1.82) is 0 Å². The second-order valence-corrected chi connectivity index (χ2v) is 4.58. The number of hydrogen-bond donors (Lipinski definition) is 2. The topological polar surface area (TPSA) is 70.7 Å². The number of aromatic nitrogens is 3. The summed E-state index contributed by atoms with van der Waals surface area (Å²) in [5.74, 6) is 0.590. The number of nitrogens with one attached hydrogen (secondary N) is 2. The van der Waals surface area contributed by atoms with Crippen molar-refractivity contribution in [2.24, 2.45) is 0 Å². The van der Waals surface area contributed by atoms with Gasteiger partial charge in [0.1, 0.15) is 0 Å². The number of hydrogen-bond acceptors (Lipinski definition) is 3. The molecule has 0 spiro atoms. The summed E-state index contributed by atoms with van der Waals surface area (Å²) in [5, 5.41) is 4.92. The van der Waals surface area contributed by atoms with Crippen LogP contribution in [0.1, 0.15) is 6.42 Å². The van der Waals surface area contributed by atoms with Crippen molar-refractivity contribution in [3.05, 3.63) is 15.3 Å². The van der Waals surface area contributed by atoms with Crippen LogP contribution >= 0.6 is 12.2 Å². The lowest BCUT2D eigenvalue weighted by atomic mass is 10.5. The van der Waals surface area contributed by atoms with Crippen LogP contribution in [0.5, 0.6) is 0 Å². The van der Waals surface area contributed by atoms with Gasteiger partial charge in [0.15, 0.2) is 4.77 Å². The van der Waals surface area contributed by atoms with Crippen LogP contribution in [0.25, 0.3) is 0 Å². The molecule has 0 amide bonds. The van der Waals surface area contributed by atoms with Gasteiger partial charge in [0, 0.05) is 29.4 Å². The molecular formula is C6H11N3O2S2. The molecule has 0 saturated heterocycles. The molecule has 1 atom stereocenters. The predicted octanol–water partition coefficient (Wildman–Crippen LogP) is 0.00259. The summed E-state index contributed by atoms with van der Waals surface area (Å²) in [5.41, 5.74) is -0.244. The molecule has 0 aliphatic carbocycles. The average Bonchev–Trinajstić information content (AvgIpc) is 2.34. The van der Waals surface area contributed by atoms with E-state index >= 15 is 0 Å². The molecule has 0 saturated carbocycles. The lowest BCUT2D eigenvalue weighted by molar-refractivity contribution is 0.641. The van der Waals surface area contributed by atoms with Gasteiger partial charge in [-0.15, -0.1) is 0 Å². The minimum absolute atomic E-state index is 0.244. The van der Waals surface area contributed by atoms with Crippen molar-refractivity contribution >= 4 is 23.0 Å². The molecular weight excluding hydrogens is 210 g/mol. The molecule has 0 bridgehead atoms. The third kappa shape index (κ3) is 2.92. The van der Waals surface area contributed by atoms with Crippen LogP contribution in [-0.4, -0.2) is 31.0 Å². The highest BCUT2D eigenvalue weighted by molar-refractivity contribution is 7.84. The Bertz CT molecular complexity index is 375. The zero-order valence-corrected chi connectivity index (χ0v) is 8.83. The van der Waals surface area contributed by atoms with Gasteiger partial charge in [-0.1, -0.05) is 0 Å². The fourth-order valence-corrected chi connectivity index (χ4v) is 1.72. The Morgan fingerprint density at radius 1 is 1.54 bits per heavy atom.